The van der Waals surface area contributed by atoms with Crippen LogP contribution in [0.3, 0.4) is 0 Å². The van der Waals surface area contributed by atoms with Gasteiger partial charge in [0, 0.05) is 6.92 Å². The van der Waals surface area contributed by atoms with Gasteiger partial charge in [-0.3, -0.25) is 4.79 Å². The first-order chi connectivity index (χ1) is 6.70. The van der Waals surface area contributed by atoms with E-state index in [1.165, 1.54) is 10.8 Å². The van der Waals surface area contributed by atoms with E-state index in [4.69, 9.17) is 9.90 Å². The zero-order chi connectivity index (χ0) is 10.4. The fourth-order valence-electron chi connectivity index (χ4n) is 1.13. The SMILES string of the molecule is CC(=O)O.[H-].[K+].c1ccc2ccccc2c1. The monoisotopic (exact) mass is 228 g/mol. The van der Waals surface area contributed by atoms with Crippen molar-refractivity contribution in [3.8, 4) is 0 Å². The van der Waals surface area contributed by atoms with Gasteiger partial charge in [-0.2, -0.15) is 0 Å². The summed E-state index contributed by atoms with van der Waals surface area (Å²) >= 11 is 0. The second kappa shape index (κ2) is 8.02. The van der Waals surface area contributed by atoms with Crippen molar-refractivity contribution in [1.82, 2.24) is 0 Å². The Morgan fingerprint density at radius 2 is 1.20 bits per heavy atom. The van der Waals surface area contributed by atoms with Crippen molar-refractivity contribution in [1.29, 1.82) is 0 Å². The van der Waals surface area contributed by atoms with E-state index < -0.39 is 5.97 Å². The fraction of sp³-hybridized carbons (Fsp3) is 0.0833. The maximum absolute atomic E-state index is 9.00. The van der Waals surface area contributed by atoms with E-state index in [0.717, 1.165) is 6.92 Å². The summed E-state index contributed by atoms with van der Waals surface area (Å²) in [6.07, 6.45) is 0. The molecule has 0 spiro atoms. The molecule has 0 fully saturated rings. The third-order valence-corrected chi connectivity index (χ3v) is 1.66. The minimum absolute atomic E-state index is 0. The van der Waals surface area contributed by atoms with Gasteiger partial charge in [0.2, 0.25) is 0 Å². The summed E-state index contributed by atoms with van der Waals surface area (Å²) in [7, 11) is 0. The van der Waals surface area contributed by atoms with Gasteiger partial charge in [0.15, 0.2) is 0 Å². The predicted molar refractivity (Wildman–Crippen MR) is 58.4 cm³/mol. The molecule has 0 atom stereocenters. The van der Waals surface area contributed by atoms with E-state index in [1.807, 2.05) is 0 Å². The third kappa shape index (κ3) is 6.07. The van der Waals surface area contributed by atoms with Gasteiger partial charge in [-0.25, -0.2) is 0 Å². The van der Waals surface area contributed by atoms with Crippen LogP contribution in [0.5, 0.6) is 0 Å². The minimum atomic E-state index is -0.833. The first-order valence-electron chi connectivity index (χ1n) is 4.33. The van der Waals surface area contributed by atoms with Gasteiger partial charge in [0.05, 0.1) is 0 Å². The molecule has 0 aliphatic rings. The van der Waals surface area contributed by atoms with Gasteiger partial charge in [0.25, 0.3) is 5.97 Å². The summed E-state index contributed by atoms with van der Waals surface area (Å²) in [6.45, 7) is 1.08. The van der Waals surface area contributed by atoms with Crippen LogP contribution in [0.2, 0.25) is 0 Å². The van der Waals surface area contributed by atoms with Crippen LogP contribution >= 0.6 is 0 Å². The molecule has 3 heteroatoms. The van der Waals surface area contributed by atoms with Crippen molar-refractivity contribution in [3.63, 3.8) is 0 Å². The number of hydrogen-bond donors (Lipinski definition) is 1. The van der Waals surface area contributed by atoms with Gasteiger partial charge >= 0.3 is 51.4 Å². The first-order valence-corrected chi connectivity index (χ1v) is 4.33. The quantitative estimate of drug-likeness (QED) is 0.647. The molecule has 2 nitrogen and oxygen atoms in total. The zero-order valence-electron chi connectivity index (χ0n) is 9.97. The normalized spacial score (nSPS) is 8.33. The maximum Gasteiger partial charge on any atom is 1.00 e. The number of carboxylic acid groups (broad SMARTS) is 1. The smallest absolute Gasteiger partial charge is 1.00 e. The van der Waals surface area contributed by atoms with Gasteiger partial charge in [-0.05, 0) is 10.8 Å². The summed E-state index contributed by atoms with van der Waals surface area (Å²) in [4.78, 5) is 9.00. The van der Waals surface area contributed by atoms with Crippen LogP contribution in [0, 0.1) is 0 Å². The van der Waals surface area contributed by atoms with E-state index in [9.17, 15) is 0 Å². The van der Waals surface area contributed by atoms with Crippen LogP contribution in [-0.4, -0.2) is 11.1 Å². The third-order valence-electron chi connectivity index (χ3n) is 1.66. The maximum atomic E-state index is 9.00. The van der Waals surface area contributed by atoms with Crippen molar-refractivity contribution >= 4 is 16.7 Å². The van der Waals surface area contributed by atoms with E-state index in [-0.39, 0.29) is 52.8 Å². The molecule has 0 bridgehead atoms. The number of rotatable bonds is 0. The standard InChI is InChI=1S/C10H8.C2H4O2.K.H/c1-2-6-10-8-4-3-7-9(10)5-1;1-2(3)4;;/h1-8H;1H3,(H,3,4);;/q;;+1;-1. The molecule has 0 aliphatic heterocycles. The molecular weight excluding hydrogens is 215 g/mol. The van der Waals surface area contributed by atoms with Gasteiger partial charge in [-0.1, -0.05) is 48.5 Å². The van der Waals surface area contributed by atoms with Gasteiger partial charge < -0.3 is 6.53 Å². The molecule has 0 unspecified atom stereocenters. The Bertz CT molecular complexity index is 363. The largest absolute Gasteiger partial charge is 1.00 e. The summed E-state index contributed by atoms with van der Waals surface area (Å²) in [5.74, 6) is -0.833. The molecule has 2 aromatic rings. The first kappa shape index (κ1) is 14.8. The molecular formula is C12H13KO2. The van der Waals surface area contributed by atoms with Crippen LogP contribution in [0.1, 0.15) is 8.35 Å². The van der Waals surface area contributed by atoms with Crippen LogP contribution in [0.4, 0.5) is 0 Å². The molecule has 0 saturated carbocycles. The van der Waals surface area contributed by atoms with Crippen molar-refractivity contribution in [2.45, 2.75) is 6.92 Å². The average Bonchev–Trinajstić information content (AvgIpc) is 2.17. The Morgan fingerprint density at radius 1 is 1.00 bits per heavy atom. The summed E-state index contributed by atoms with van der Waals surface area (Å²) < 4.78 is 0. The molecule has 0 radical (unpaired) electrons. The summed E-state index contributed by atoms with van der Waals surface area (Å²) in [6, 6.07) is 16.7. The topological polar surface area (TPSA) is 37.3 Å². The van der Waals surface area contributed by atoms with E-state index in [1.54, 1.807) is 0 Å². The summed E-state index contributed by atoms with van der Waals surface area (Å²) in [5.41, 5.74) is 0. The second-order valence-corrected chi connectivity index (χ2v) is 2.87. The molecule has 2 aromatic carbocycles. The fourth-order valence-corrected chi connectivity index (χ4v) is 1.13. The number of carboxylic acids is 1. The van der Waals surface area contributed by atoms with Crippen LogP contribution in [-0.2, 0) is 4.79 Å². The van der Waals surface area contributed by atoms with Crippen LogP contribution in [0.15, 0.2) is 48.5 Å². The summed E-state index contributed by atoms with van der Waals surface area (Å²) in [5, 5.41) is 10.0. The minimum Gasteiger partial charge on any atom is -1.00 e. The van der Waals surface area contributed by atoms with Crippen LogP contribution in [0.25, 0.3) is 10.8 Å². The van der Waals surface area contributed by atoms with E-state index in [0.29, 0.717) is 0 Å². The molecule has 0 amide bonds. The van der Waals surface area contributed by atoms with E-state index >= 15 is 0 Å². The molecule has 0 aliphatic carbocycles. The number of aliphatic carboxylic acids is 1. The Hall–Kier alpha value is -0.194. The number of hydrogen-bond acceptors (Lipinski definition) is 1. The van der Waals surface area contributed by atoms with Gasteiger partial charge in [-0.15, -0.1) is 0 Å². The van der Waals surface area contributed by atoms with Crippen molar-refractivity contribution in [2.75, 3.05) is 0 Å². The number of carbonyl (C=O) groups is 1. The van der Waals surface area contributed by atoms with Crippen molar-refractivity contribution in [3.05, 3.63) is 48.5 Å². The van der Waals surface area contributed by atoms with E-state index in [2.05, 4.69) is 48.5 Å². The predicted octanol–water partition coefficient (Wildman–Crippen LogP) is 0.0472. The Morgan fingerprint density at radius 3 is 1.40 bits per heavy atom. The average molecular weight is 228 g/mol. The molecule has 74 valence electrons. The molecule has 0 saturated heterocycles. The van der Waals surface area contributed by atoms with Crippen molar-refractivity contribution < 1.29 is 62.7 Å². The molecule has 15 heavy (non-hydrogen) atoms. The van der Waals surface area contributed by atoms with Crippen LogP contribution < -0.4 is 51.4 Å². The van der Waals surface area contributed by atoms with Crippen molar-refractivity contribution in [2.24, 2.45) is 0 Å². The second-order valence-electron chi connectivity index (χ2n) is 2.87. The zero-order valence-corrected chi connectivity index (χ0v) is 12.1. The molecule has 0 heterocycles. The van der Waals surface area contributed by atoms with Gasteiger partial charge in [0.1, 0.15) is 0 Å². The number of benzene rings is 2. The number of fused-ring (bicyclic) bond motifs is 1. The Kier molecular flexibility index (Phi) is 7.91. The molecule has 2 rings (SSSR count). The molecule has 0 aromatic heterocycles. The Labute approximate surface area is 133 Å². The molecule has 1 N–H and O–H groups in total. The Balaban J connectivity index is 0.